The third-order valence-electron chi connectivity index (χ3n) is 2.10. The summed E-state index contributed by atoms with van der Waals surface area (Å²) in [6, 6.07) is 0. The van der Waals surface area contributed by atoms with Gasteiger partial charge in [-0.25, -0.2) is 0 Å². The maximum Gasteiger partial charge on any atom is 0.356 e. The lowest BCUT2D eigenvalue weighted by molar-refractivity contribution is 0.281. The van der Waals surface area contributed by atoms with Crippen LogP contribution in [0, 0.1) is 0 Å². The maximum atomic E-state index is 11.8. The van der Waals surface area contributed by atoms with Gasteiger partial charge in [0.05, 0.1) is 0 Å². The summed E-state index contributed by atoms with van der Waals surface area (Å²) in [4.78, 5) is 0. The molecule has 0 fully saturated rings. The molecule has 0 spiro atoms. The quantitative estimate of drug-likeness (QED) is 0.642. The Hall–Kier alpha value is -0.110. The Bertz CT molecular complexity index is 214. The lowest BCUT2D eigenvalue weighted by atomic mass is 10.1. The molecule has 1 rings (SSSR count). The van der Waals surface area contributed by atoms with E-state index in [2.05, 4.69) is 0 Å². The summed E-state index contributed by atoms with van der Waals surface area (Å²) in [5.74, 6) is 0. The van der Waals surface area contributed by atoms with Crippen molar-refractivity contribution in [3.8, 4) is 0 Å². The van der Waals surface area contributed by atoms with Gasteiger partial charge in [0.1, 0.15) is 0 Å². The second-order valence-corrected chi connectivity index (χ2v) is 5.10. The minimum absolute atomic E-state index is 0.846. The maximum absolute atomic E-state index is 11.8. The van der Waals surface area contributed by atoms with Crippen LogP contribution in [-0.4, -0.2) is 14.2 Å². The molecule has 0 aromatic carbocycles. The molecule has 0 saturated carbocycles. The Balaban J connectivity index is 2.78. The summed E-state index contributed by atoms with van der Waals surface area (Å²) in [6.45, 7) is 0. The van der Waals surface area contributed by atoms with Gasteiger partial charge in [-0.1, -0.05) is 6.08 Å². The molecule has 4 heteroatoms. The Kier molecular flexibility index (Phi) is 3.51. The van der Waals surface area contributed by atoms with Crippen molar-refractivity contribution in [1.82, 2.24) is 0 Å². The van der Waals surface area contributed by atoms with E-state index >= 15 is 0 Å². The summed E-state index contributed by atoms with van der Waals surface area (Å²) in [5.41, 5.74) is 0. The van der Waals surface area contributed by atoms with E-state index in [-0.39, 0.29) is 0 Å². The van der Waals surface area contributed by atoms with Gasteiger partial charge in [0.25, 0.3) is 0 Å². The first-order valence-corrected chi connectivity index (χ1v) is 5.68. The first-order chi connectivity index (χ1) is 5.73. The van der Waals surface area contributed by atoms with E-state index in [4.69, 9.17) is 9.05 Å². The lowest BCUT2D eigenvalue weighted by Crippen LogP contribution is -1.97. The van der Waals surface area contributed by atoms with Crippen molar-refractivity contribution in [2.45, 2.75) is 25.7 Å². The van der Waals surface area contributed by atoms with E-state index < -0.39 is 7.60 Å². The van der Waals surface area contributed by atoms with Crippen LogP contribution < -0.4 is 0 Å². The van der Waals surface area contributed by atoms with Crippen molar-refractivity contribution in [2.24, 2.45) is 0 Å². The summed E-state index contributed by atoms with van der Waals surface area (Å²) >= 11 is 0. The van der Waals surface area contributed by atoms with Crippen LogP contribution in [0.4, 0.5) is 0 Å². The Morgan fingerprint density at radius 2 is 2.00 bits per heavy atom. The zero-order valence-electron chi connectivity index (χ0n) is 7.58. The molecular weight excluding hydrogens is 175 g/mol. The van der Waals surface area contributed by atoms with Gasteiger partial charge in [-0.3, -0.25) is 4.57 Å². The number of rotatable bonds is 3. The molecule has 0 N–H and O–H groups in total. The molecule has 0 heterocycles. The standard InChI is InChI=1S/C8H15O3P/c1-10-12(9,11-2)8-6-4-3-5-7-8/h6H,3-5,7H2,1-2H3. The summed E-state index contributed by atoms with van der Waals surface area (Å²) in [7, 11) is -0.0349. The van der Waals surface area contributed by atoms with Crippen LogP contribution in [-0.2, 0) is 13.6 Å². The summed E-state index contributed by atoms with van der Waals surface area (Å²) in [6.07, 6.45) is 6.09. The highest BCUT2D eigenvalue weighted by atomic mass is 31.2. The third-order valence-corrected chi connectivity index (χ3v) is 4.17. The van der Waals surface area contributed by atoms with Crippen LogP contribution in [0.25, 0.3) is 0 Å². The molecule has 1 aliphatic carbocycles. The first kappa shape index (κ1) is 9.97. The fourth-order valence-electron chi connectivity index (χ4n) is 1.38. The van der Waals surface area contributed by atoms with Crippen LogP contribution in [0.5, 0.6) is 0 Å². The van der Waals surface area contributed by atoms with Gasteiger partial charge in [-0.15, -0.1) is 0 Å². The van der Waals surface area contributed by atoms with Crippen molar-refractivity contribution in [3.63, 3.8) is 0 Å². The van der Waals surface area contributed by atoms with Crippen LogP contribution >= 0.6 is 7.60 Å². The highest BCUT2D eigenvalue weighted by molar-refractivity contribution is 7.58. The van der Waals surface area contributed by atoms with Gasteiger partial charge < -0.3 is 9.05 Å². The zero-order valence-corrected chi connectivity index (χ0v) is 8.47. The average Bonchev–Trinajstić information content (AvgIpc) is 2.18. The molecule has 70 valence electrons. The van der Waals surface area contributed by atoms with Gasteiger partial charge in [0.2, 0.25) is 0 Å². The van der Waals surface area contributed by atoms with Crippen molar-refractivity contribution < 1.29 is 13.6 Å². The van der Waals surface area contributed by atoms with Gasteiger partial charge >= 0.3 is 7.60 Å². The molecule has 1 aliphatic rings. The lowest BCUT2D eigenvalue weighted by Gasteiger charge is -2.19. The Labute approximate surface area is 73.3 Å². The fraction of sp³-hybridized carbons (Fsp3) is 0.750. The number of hydrogen-bond donors (Lipinski definition) is 0. The van der Waals surface area contributed by atoms with Crippen molar-refractivity contribution in [3.05, 3.63) is 11.4 Å². The molecular formula is C8H15O3P. The average molecular weight is 190 g/mol. The van der Waals surface area contributed by atoms with Crippen LogP contribution in [0.2, 0.25) is 0 Å². The topological polar surface area (TPSA) is 35.5 Å². The van der Waals surface area contributed by atoms with E-state index in [0.29, 0.717) is 0 Å². The van der Waals surface area contributed by atoms with Gasteiger partial charge in [-0.2, -0.15) is 0 Å². The molecule has 0 aromatic rings. The first-order valence-electron chi connectivity index (χ1n) is 4.14. The minimum Gasteiger partial charge on any atom is -0.309 e. The minimum atomic E-state index is -2.90. The van der Waals surface area contributed by atoms with E-state index in [1.807, 2.05) is 6.08 Å². The molecule has 0 aromatic heterocycles. The number of allylic oxidation sites excluding steroid dienone is 2. The molecule has 3 nitrogen and oxygen atoms in total. The monoisotopic (exact) mass is 190 g/mol. The van der Waals surface area contributed by atoms with Gasteiger partial charge in [0, 0.05) is 19.5 Å². The molecule has 0 saturated heterocycles. The predicted molar refractivity (Wildman–Crippen MR) is 48.2 cm³/mol. The normalized spacial score (nSPS) is 19.0. The summed E-state index contributed by atoms with van der Waals surface area (Å²) < 4.78 is 21.6. The zero-order chi connectivity index (χ0) is 9.03. The predicted octanol–water partition coefficient (Wildman–Crippen LogP) is 2.93. The van der Waals surface area contributed by atoms with Gasteiger partial charge in [-0.05, 0) is 25.7 Å². The second-order valence-electron chi connectivity index (χ2n) is 2.80. The molecule has 0 bridgehead atoms. The van der Waals surface area contributed by atoms with Crippen LogP contribution in [0.3, 0.4) is 0 Å². The van der Waals surface area contributed by atoms with E-state index in [1.54, 1.807) is 0 Å². The van der Waals surface area contributed by atoms with Crippen molar-refractivity contribution in [2.75, 3.05) is 14.2 Å². The molecule has 12 heavy (non-hydrogen) atoms. The number of hydrogen-bond acceptors (Lipinski definition) is 3. The van der Waals surface area contributed by atoms with Gasteiger partial charge in [0.15, 0.2) is 0 Å². The molecule has 0 atom stereocenters. The largest absolute Gasteiger partial charge is 0.356 e. The highest BCUT2D eigenvalue weighted by Crippen LogP contribution is 2.57. The third kappa shape index (κ3) is 1.98. The SMILES string of the molecule is COP(=O)(OC)C1=CCCCC1. The van der Waals surface area contributed by atoms with Crippen molar-refractivity contribution in [1.29, 1.82) is 0 Å². The Morgan fingerprint density at radius 1 is 1.33 bits per heavy atom. The fourth-order valence-corrected chi connectivity index (χ4v) is 2.78. The summed E-state index contributed by atoms with van der Waals surface area (Å²) in [5, 5.41) is 0.846. The smallest absolute Gasteiger partial charge is 0.309 e. The van der Waals surface area contributed by atoms with Crippen LogP contribution in [0.1, 0.15) is 25.7 Å². The molecule has 0 radical (unpaired) electrons. The molecule has 0 aliphatic heterocycles. The highest BCUT2D eigenvalue weighted by Gasteiger charge is 2.27. The second kappa shape index (κ2) is 4.22. The van der Waals surface area contributed by atoms with Crippen LogP contribution in [0.15, 0.2) is 11.4 Å². The Morgan fingerprint density at radius 3 is 2.42 bits per heavy atom. The van der Waals surface area contributed by atoms with E-state index in [9.17, 15) is 4.57 Å². The molecule has 0 amide bonds. The van der Waals surface area contributed by atoms with Crippen molar-refractivity contribution >= 4 is 7.60 Å². The molecule has 0 unspecified atom stereocenters. The van der Waals surface area contributed by atoms with E-state index in [1.165, 1.54) is 20.6 Å². The van der Waals surface area contributed by atoms with E-state index in [0.717, 1.165) is 24.6 Å².